The number of rotatable bonds is 6. The number of methoxy groups -OCH3 is 1. The lowest BCUT2D eigenvalue weighted by molar-refractivity contribution is -0.101. The Hall–Kier alpha value is -1.24. The molecule has 0 aliphatic carbocycles. The van der Waals surface area contributed by atoms with Gasteiger partial charge in [0.15, 0.2) is 0 Å². The van der Waals surface area contributed by atoms with Crippen molar-refractivity contribution in [2.24, 2.45) is 0 Å². The largest absolute Gasteiger partial charge is 0.381 e. The van der Waals surface area contributed by atoms with Crippen LogP contribution in [0.5, 0.6) is 0 Å². The Kier molecular flexibility index (Phi) is 4.46. The van der Waals surface area contributed by atoms with Crippen LogP contribution in [-0.4, -0.2) is 37.0 Å². The van der Waals surface area contributed by atoms with E-state index in [9.17, 15) is 0 Å². The summed E-state index contributed by atoms with van der Waals surface area (Å²) in [6.45, 7) is 6.20. The van der Waals surface area contributed by atoms with Gasteiger partial charge in [-0.1, -0.05) is 11.2 Å². The van der Waals surface area contributed by atoms with Crippen LogP contribution in [0.2, 0.25) is 0 Å². The van der Waals surface area contributed by atoms with Gasteiger partial charge in [0.05, 0.1) is 6.54 Å². The van der Waals surface area contributed by atoms with E-state index >= 15 is 0 Å². The average Bonchev–Trinajstić information content (AvgIpc) is 2.89. The molecule has 6 nitrogen and oxygen atoms in total. The first-order valence-electron chi connectivity index (χ1n) is 6.08. The fourth-order valence-corrected chi connectivity index (χ4v) is 2.01. The van der Waals surface area contributed by atoms with Crippen molar-refractivity contribution in [3.05, 3.63) is 24.4 Å². The summed E-state index contributed by atoms with van der Waals surface area (Å²) in [7, 11) is 1.68. The van der Waals surface area contributed by atoms with E-state index in [1.165, 1.54) is 0 Å². The van der Waals surface area contributed by atoms with Crippen LogP contribution in [0.25, 0.3) is 0 Å². The van der Waals surface area contributed by atoms with Crippen LogP contribution in [0.15, 0.2) is 17.2 Å². The van der Waals surface area contributed by atoms with Crippen molar-refractivity contribution in [3.8, 4) is 0 Å². The number of nitrogens with one attached hydrogen (secondary N) is 1. The lowest BCUT2D eigenvalue weighted by atomic mass is 9.93. The smallest absolute Gasteiger partial charge is 0.240 e. The summed E-state index contributed by atoms with van der Waals surface area (Å²) in [4.78, 5) is 4.39. The molecule has 6 heteroatoms. The van der Waals surface area contributed by atoms with Gasteiger partial charge in [-0.3, -0.25) is 0 Å². The first kappa shape index (κ1) is 13.2. The molecule has 0 amide bonds. The van der Waals surface area contributed by atoms with Crippen molar-refractivity contribution in [3.63, 3.8) is 0 Å². The van der Waals surface area contributed by atoms with Crippen molar-refractivity contribution in [1.82, 2.24) is 15.5 Å². The molecule has 1 aromatic heterocycles. The molecule has 0 radical (unpaired) electrons. The van der Waals surface area contributed by atoms with Crippen LogP contribution in [-0.2, 0) is 21.6 Å². The Morgan fingerprint density at radius 3 is 2.94 bits per heavy atom. The maximum absolute atomic E-state index is 5.60. The quantitative estimate of drug-likeness (QED) is 0.602. The third kappa shape index (κ3) is 2.77. The highest BCUT2D eigenvalue weighted by Crippen LogP contribution is 2.33. The molecule has 0 saturated carbocycles. The van der Waals surface area contributed by atoms with Gasteiger partial charge in [0.2, 0.25) is 11.7 Å². The van der Waals surface area contributed by atoms with E-state index in [-0.39, 0.29) is 0 Å². The van der Waals surface area contributed by atoms with Crippen LogP contribution >= 0.6 is 0 Å². The van der Waals surface area contributed by atoms with Crippen LogP contribution in [0.1, 0.15) is 24.6 Å². The Morgan fingerprint density at radius 1 is 1.50 bits per heavy atom. The molecular weight excluding hydrogens is 234 g/mol. The Morgan fingerprint density at radius 2 is 2.28 bits per heavy atom. The molecule has 1 fully saturated rings. The van der Waals surface area contributed by atoms with Gasteiger partial charge >= 0.3 is 0 Å². The van der Waals surface area contributed by atoms with E-state index in [0.29, 0.717) is 38.0 Å². The number of hydrogen-bond acceptors (Lipinski definition) is 6. The zero-order valence-corrected chi connectivity index (χ0v) is 10.6. The van der Waals surface area contributed by atoms with Crippen LogP contribution < -0.4 is 5.32 Å². The monoisotopic (exact) mass is 253 g/mol. The molecule has 1 N–H and O–H groups in total. The maximum atomic E-state index is 5.60. The van der Waals surface area contributed by atoms with E-state index < -0.39 is 5.60 Å². The molecule has 2 rings (SSSR count). The minimum absolute atomic E-state index is 0.460. The van der Waals surface area contributed by atoms with Crippen LogP contribution in [0.3, 0.4) is 0 Å². The lowest BCUT2D eigenvalue weighted by Crippen LogP contribution is -2.36. The minimum atomic E-state index is -0.460. The van der Waals surface area contributed by atoms with Crippen LogP contribution in [0, 0.1) is 0 Å². The highest BCUT2D eigenvalue weighted by molar-refractivity contribution is 5.03. The number of nitrogens with zero attached hydrogens (tertiary/aromatic N) is 2. The molecule has 0 spiro atoms. The predicted octanol–water partition coefficient (Wildman–Crippen LogP) is 0.997. The van der Waals surface area contributed by atoms with Gasteiger partial charge < -0.3 is 19.3 Å². The summed E-state index contributed by atoms with van der Waals surface area (Å²) >= 11 is 0. The van der Waals surface area contributed by atoms with Gasteiger partial charge in [-0.25, -0.2) is 0 Å². The maximum Gasteiger partial charge on any atom is 0.240 e. The van der Waals surface area contributed by atoms with E-state index in [1.807, 2.05) is 0 Å². The third-order valence-corrected chi connectivity index (χ3v) is 3.13. The van der Waals surface area contributed by atoms with Crippen molar-refractivity contribution < 1.29 is 14.0 Å². The molecule has 1 saturated heterocycles. The second kappa shape index (κ2) is 6.08. The summed E-state index contributed by atoms with van der Waals surface area (Å²) in [5, 5.41) is 7.15. The molecule has 0 atom stereocenters. The zero-order chi connectivity index (χ0) is 12.8. The van der Waals surface area contributed by atoms with E-state index in [1.54, 1.807) is 13.2 Å². The zero-order valence-electron chi connectivity index (χ0n) is 10.6. The Bertz CT molecular complexity index is 386. The normalized spacial score (nSPS) is 18.7. The summed E-state index contributed by atoms with van der Waals surface area (Å²) in [6, 6.07) is 0. The molecular formula is C12H19N3O3. The fourth-order valence-electron chi connectivity index (χ4n) is 2.01. The number of hydrogen-bond donors (Lipinski definition) is 1. The molecule has 0 unspecified atom stereocenters. The SMILES string of the molecule is C=CCNCc1nc(C2(OC)CCOCC2)no1. The first-order chi connectivity index (χ1) is 8.80. The summed E-state index contributed by atoms with van der Waals surface area (Å²) in [6.07, 6.45) is 3.29. The van der Waals surface area contributed by atoms with E-state index in [4.69, 9.17) is 14.0 Å². The second-order valence-corrected chi connectivity index (χ2v) is 4.24. The van der Waals surface area contributed by atoms with Crippen molar-refractivity contribution in [2.75, 3.05) is 26.9 Å². The Labute approximate surface area is 106 Å². The number of ether oxygens (including phenoxy) is 2. The molecule has 0 aromatic carbocycles. The van der Waals surface area contributed by atoms with Crippen molar-refractivity contribution in [1.29, 1.82) is 0 Å². The fraction of sp³-hybridized carbons (Fsp3) is 0.667. The van der Waals surface area contributed by atoms with Crippen molar-refractivity contribution >= 4 is 0 Å². The van der Waals surface area contributed by atoms with Gasteiger partial charge in [0.25, 0.3) is 0 Å². The van der Waals surface area contributed by atoms with Gasteiger partial charge in [-0.15, -0.1) is 6.58 Å². The van der Waals surface area contributed by atoms with Crippen LogP contribution in [0.4, 0.5) is 0 Å². The average molecular weight is 253 g/mol. The highest BCUT2D eigenvalue weighted by atomic mass is 16.5. The predicted molar refractivity (Wildman–Crippen MR) is 64.9 cm³/mol. The molecule has 18 heavy (non-hydrogen) atoms. The molecule has 1 aliphatic heterocycles. The topological polar surface area (TPSA) is 69.4 Å². The standard InChI is InChI=1S/C12H19N3O3/c1-3-6-13-9-10-14-11(15-18-10)12(16-2)4-7-17-8-5-12/h3,13H,1,4-9H2,2H3. The van der Waals surface area contributed by atoms with E-state index in [2.05, 4.69) is 22.0 Å². The molecule has 100 valence electrons. The van der Waals surface area contributed by atoms with Gasteiger partial charge in [-0.05, 0) is 0 Å². The Balaban J connectivity index is 2.04. The number of aromatic nitrogens is 2. The van der Waals surface area contributed by atoms with Gasteiger partial charge in [0.1, 0.15) is 5.60 Å². The second-order valence-electron chi connectivity index (χ2n) is 4.24. The van der Waals surface area contributed by atoms with E-state index in [0.717, 1.165) is 12.8 Å². The summed E-state index contributed by atoms with van der Waals surface area (Å²) in [5.41, 5.74) is -0.460. The lowest BCUT2D eigenvalue weighted by Gasteiger charge is -2.32. The molecule has 1 aliphatic rings. The molecule has 1 aromatic rings. The summed E-state index contributed by atoms with van der Waals surface area (Å²) < 4.78 is 16.2. The summed E-state index contributed by atoms with van der Waals surface area (Å²) in [5.74, 6) is 1.18. The minimum Gasteiger partial charge on any atom is -0.381 e. The van der Waals surface area contributed by atoms with Gasteiger partial charge in [-0.2, -0.15) is 4.98 Å². The third-order valence-electron chi connectivity index (χ3n) is 3.13. The molecule has 0 bridgehead atoms. The van der Waals surface area contributed by atoms with Gasteiger partial charge in [0, 0.05) is 39.7 Å². The van der Waals surface area contributed by atoms with Crippen molar-refractivity contribution in [2.45, 2.75) is 25.0 Å². The molecule has 2 heterocycles. The highest BCUT2D eigenvalue weighted by Gasteiger charge is 2.39. The first-order valence-corrected chi connectivity index (χ1v) is 6.08.